The van der Waals surface area contributed by atoms with Gasteiger partial charge in [0.05, 0.1) is 18.4 Å². The summed E-state index contributed by atoms with van der Waals surface area (Å²) < 4.78 is 10.3. The first kappa shape index (κ1) is 15.8. The average Bonchev–Trinajstić information content (AvgIpc) is 2.43. The molecule has 3 nitrogen and oxygen atoms in total. The lowest BCUT2D eigenvalue weighted by Crippen LogP contribution is -2.08. The Labute approximate surface area is 120 Å². The molecule has 0 saturated carbocycles. The van der Waals surface area contributed by atoms with Gasteiger partial charge in [-0.05, 0) is 37.1 Å². The van der Waals surface area contributed by atoms with Crippen molar-refractivity contribution in [2.45, 2.75) is 20.5 Å². The van der Waals surface area contributed by atoms with Crippen LogP contribution in [0.15, 0.2) is 66.5 Å². The molecule has 0 amide bonds. The van der Waals surface area contributed by atoms with Gasteiger partial charge >= 0.3 is 5.97 Å². The number of esters is 1. The van der Waals surface area contributed by atoms with Crippen LogP contribution in [0.25, 0.3) is 0 Å². The zero-order chi connectivity index (χ0) is 14.8. The molecule has 1 aromatic rings. The lowest BCUT2D eigenvalue weighted by Gasteiger charge is -2.05. The van der Waals surface area contributed by atoms with E-state index in [2.05, 4.69) is 6.58 Å². The number of allylic oxidation sites excluding steroid dienone is 2. The Hall–Kier alpha value is -2.29. The van der Waals surface area contributed by atoms with Crippen molar-refractivity contribution in [2.24, 2.45) is 0 Å². The Kier molecular flexibility index (Phi) is 6.90. The Morgan fingerprint density at radius 3 is 2.60 bits per heavy atom. The smallest absolute Gasteiger partial charge is 0.338 e. The van der Waals surface area contributed by atoms with Gasteiger partial charge in [0.25, 0.3) is 0 Å². The second-order valence-corrected chi connectivity index (χ2v) is 4.21. The minimum atomic E-state index is -0.368. The van der Waals surface area contributed by atoms with Gasteiger partial charge in [-0.1, -0.05) is 36.9 Å². The summed E-state index contributed by atoms with van der Waals surface area (Å²) in [6.07, 6.45) is 4.87. The fraction of sp³-hybridized carbons (Fsp3) is 0.235. The van der Waals surface area contributed by atoms with Crippen LogP contribution in [-0.4, -0.2) is 12.6 Å². The number of rotatable bonds is 7. The number of carbonyl (C=O) groups is 1. The first-order valence-electron chi connectivity index (χ1n) is 6.50. The second kappa shape index (κ2) is 8.75. The van der Waals surface area contributed by atoms with Gasteiger partial charge in [-0.25, -0.2) is 4.79 Å². The summed E-state index contributed by atoms with van der Waals surface area (Å²) in [5, 5.41) is 0. The van der Waals surface area contributed by atoms with Crippen molar-refractivity contribution >= 4 is 5.97 Å². The van der Waals surface area contributed by atoms with Crippen LogP contribution in [0.1, 0.15) is 19.4 Å². The van der Waals surface area contributed by atoms with E-state index in [9.17, 15) is 4.79 Å². The zero-order valence-corrected chi connectivity index (χ0v) is 12.0. The van der Waals surface area contributed by atoms with Crippen molar-refractivity contribution in [3.8, 4) is 0 Å². The SMILES string of the molecule is C=C(C)/C(=C\C=C\OCc1ccccc1)C(=O)OCC. The lowest BCUT2D eigenvalue weighted by atomic mass is 10.1. The minimum absolute atomic E-state index is 0.345. The van der Waals surface area contributed by atoms with Crippen molar-refractivity contribution in [1.82, 2.24) is 0 Å². The molecule has 0 heterocycles. The predicted molar refractivity (Wildman–Crippen MR) is 79.9 cm³/mol. The van der Waals surface area contributed by atoms with Crippen molar-refractivity contribution in [3.05, 3.63) is 72.0 Å². The van der Waals surface area contributed by atoms with Crippen molar-refractivity contribution in [1.29, 1.82) is 0 Å². The molecular formula is C17H20O3. The molecule has 1 rings (SSSR count). The third-order valence-corrected chi connectivity index (χ3v) is 2.49. The fourth-order valence-corrected chi connectivity index (χ4v) is 1.50. The Morgan fingerprint density at radius 2 is 2.00 bits per heavy atom. The molecule has 0 fully saturated rings. The normalized spacial score (nSPS) is 11.4. The molecule has 0 radical (unpaired) electrons. The molecule has 0 unspecified atom stereocenters. The van der Waals surface area contributed by atoms with E-state index in [0.29, 0.717) is 24.4 Å². The van der Waals surface area contributed by atoms with Crippen LogP contribution in [0.2, 0.25) is 0 Å². The highest BCUT2D eigenvalue weighted by Gasteiger charge is 2.09. The number of hydrogen-bond donors (Lipinski definition) is 0. The maximum absolute atomic E-state index is 11.6. The molecule has 0 bridgehead atoms. The molecule has 0 aliphatic rings. The molecule has 1 aromatic carbocycles. The van der Waals surface area contributed by atoms with Gasteiger partial charge in [-0.2, -0.15) is 0 Å². The van der Waals surface area contributed by atoms with E-state index >= 15 is 0 Å². The van der Waals surface area contributed by atoms with Crippen LogP contribution in [0.5, 0.6) is 0 Å². The van der Waals surface area contributed by atoms with Gasteiger partial charge in [0, 0.05) is 0 Å². The number of ether oxygens (including phenoxy) is 2. The van der Waals surface area contributed by atoms with Gasteiger partial charge in [0.1, 0.15) is 6.61 Å². The van der Waals surface area contributed by atoms with Crippen LogP contribution in [0.3, 0.4) is 0 Å². The van der Waals surface area contributed by atoms with E-state index in [1.54, 1.807) is 32.3 Å². The molecule has 0 aliphatic carbocycles. The van der Waals surface area contributed by atoms with Gasteiger partial charge in [0.2, 0.25) is 0 Å². The number of hydrogen-bond acceptors (Lipinski definition) is 3. The molecular weight excluding hydrogens is 252 g/mol. The molecule has 20 heavy (non-hydrogen) atoms. The third kappa shape index (κ3) is 5.57. The lowest BCUT2D eigenvalue weighted by molar-refractivity contribution is -0.138. The largest absolute Gasteiger partial charge is 0.497 e. The predicted octanol–water partition coefficient (Wildman–Crippen LogP) is 3.78. The van der Waals surface area contributed by atoms with E-state index in [0.717, 1.165) is 5.56 Å². The molecule has 0 N–H and O–H groups in total. The van der Waals surface area contributed by atoms with E-state index in [1.807, 2.05) is 30.3 Å². The molecule has 0 aromatic heterocycles. The summed E-state index contributed by atoms with van der Waals surface area (Å²) in [6.45, 7) is 8.14. The Morgan fingerprint density at radius 1 is 1.30 bits per heavy atom. The van der Waals surface area contributed by atoms with Crippen LogP contribution in [0, 0.1) is 0 Å². The van der Waals surface area contributed by atoms with Crippen LogP contribution >= 0.6 is 0 Å². The minimum Gasteiger partial charge on any atom is -0.497 e. The first-order chi connectivity index (χ1) is 9.65. The molecule has 0 saturated heterocycles. The summed E-state index contributed by atoms with van der Waals surface area (Å²) in [7, 11) is 0. The van der Waals surface area contributed by atoms with Crippen LogP contribution < -0.4 is 0 Å². The molecule has 0 spiro atoms. The van der Waals surface area contributed by atoms with Crippen molar-refractivity contribution in [2.75, 3.05) is 6.61 Å². The first-order valence-corrected chi connectivity index (χ1v) is 6.50. The van der Waals surface area contributed by atoms with Crippen LogP contribution in [0.4, 0.5) is 0 Å². The summed E-state index contributed by atoms with van der Waals surface area (Å²) >= 11 is 0. The average molecular weight is 272 g/mol. The highest BCUT2D eigenvalue weighted by molar-refractivity contribution is 5.93. The topological polar surface area (TPSA) is 35.5 Å². The highest BCUT2D eigenvalue weighted by Crippen LogP contribution is 2.09. The van der Waals surface area contributed by atoms with Crippen molar-refractivity contribution in [3.63, 3.8) is 0 Å². The standard InChI is InChI=1S/C17H20O3/c1-4-20-17(18)16(14(2)3)11-8-12-19-13-15-9-6-5-7-10-15/h5-12H,2,4,13H2,1,3H3/b12-8+,16-11+. The van der Waals surface area contributed by atoms with Crippen molar-refractivity contribution < 1.29 is 14.3 Å². The van der Waals surface area contributed by atoms with E-state index in [1.165, 1.54) is 0 Å². The molecule has 3 heteroatoms. The summed E-state index contributed by atoms with van der Waals surface area (Å²) in [6, 6.07) is 9.86. The van der Waals surface area contributed by atoms with Gasteiger partial charge < -0.3 is 9.47 Å². The van der Waals surface area contributed by atoms with Crippen LogP contribution in [-0.2, 0) is 20.9 Å². The Bertz CT molecular complexity index is 498. The monoisotopic (exact) mass is 272 g/mol. The summed E-state index contributed by atoms with van der Waals surface area (Å²) in [5.74, 6) is -0.368. The quantitative estimate of drug-likeness (QED) is 0.328. The Balaban J connectivity index is 2.53. The molecule has 0 aliphatic heterocycles. The molecule has 106 valence electrons. The molecule has 0 atom stereocenters. The number of benzene rings is 1. The number of carbonyl (C=O) groups excluding carboxylic acids is 1. The summed E-state index contributed by atoms with van der Waals surface area (Å²) in [5.41, 5.74) is 2.20. The maximum atomic E-state index is 11.6. The highest BCUT2D eigenvalue weighted by atomic mass is 16.5. The van der Waals surface area contributed by atoms with Gasteiger partial charge in [-0.15, -0.1) is 0 Å². The van der Waals surface area contributed by atoms with E-state index in [4.69, 9.17) is 9.47 Å². The zero-order valence-electron chi connectivity index (χ0n) is 12.0. The van der Waals surface area contributed by atoms with Gasteiger partial charge in [-0.3, -0.25) is 0 Å². The summed E-state index contributed by atoms with van der Waals surface area (Å²) in [4.78, 5) is 11.6. The van der Waals surface area contributed by atoms with E-state index in [-0.39, 0.29) is 5.97 Å². The maximum Gasteiger partial charge on any atom is 0.338 e. The third-order valence-electron chi connectivity index (χ3n) is 2.49. The van der Waals surface area contributed by atoms with E-state index < -0.39 is 0 Å². The second-order valence-electron chi connectivity index (χ2n) is 4.21. The fourth-order valence-electron chi connectivity index (χ4n) is 1.50. The van der Waals surface area contributed by atoms with Gasteiger partial charge in [0.15, 0.2) is 0 Å².